The van der Waals surface area contributed by atoms with Crippen molar-refractivity contribution in [3.8, 4) is 5.75 Å². The summed E-state index contributed by atoms with van der Waals surface area (Å²) in [7, 11) is 3.65. The number of hydrogen-bond donors (Lipinski definition) is 1. The van der Waals surface area contributed by atoms with Crippen LogP contribution in [-0.2, 0) is 4.74 Å². The maximum Gasteiger partial charge on any atom is 0.119 e. The first-order chi connectivity index (χ1) is 9.21. The Morgan fingerprint density at radius 2 is 2.05 bits per heavy atom. The summed E-state index contributed by atoms with van der Waals surface area (Å²) in [5.74, 6) is 1.52. The van der Waals surface area contributed by atoms with Crippen molar-refractivity contribution in [3.63, 3.8) is 0 Å². The topological polar surface area (TPSA) is 30.5 Å². The van der Waals surface area contributed by atoms with Crippen molar-refractivity contribution in [3.05, 3.63) is 29.8 Å². The van der Waals surface area contributed by atoms with E-state index < -0.39 is 0 Å². The molecule has 1 aromatic rings. The fraction of sp³-hybridized carbons (Fsp3) is 0.625. The molecule has 0 aliphatic heterocycles. The second-order valence-corrected chi connectivity index (χ2v) is 5.05. The number of methoxy groups -OCH3 is 1. The molecule has 0 aliphatic carbocycles. The van der Waals surface area contributed by atoms with Crippen LogP contribution in [0.1, 0.15) is 38.3 Å². The van der Waals surface area contributed by atoms with Gasteiger partial charge in [0.15, 0.2) is 0 Å². The molecule has 1 rings (SSSR count). The van der Waals surface area contributed by atoms with Crippen LogP contribution in [0.2, 0.25) is 0 Å². The molecule has 108 valence electrons. The first-order valence-electron chi connectivity index (χ1n) is 7.10. The quantitative estimate of drug-likeness (QED) is 0.742. The first-order valence-corrected chi connectivity index (χ1v) is 7.10. The Hall–Kier alpha value is -1.06. The fourth-order valence-corrected chi connectivity index (χ4v) is 2.17. The van der Waals surface area contributed by atoms with Gasteiger partial charge < -0.3 is 14.8 Å². The zero-order valence-corrected chi connectivity index (χ0v) is 12.6. The predicted octanol–water partition coefficient (Wildman–Crippen LogP) is 3.41. The Morgan fingerprint density at radius 3 is 2.68 bits per heavy atom. The third kappa shape index (κ3) is 5.62. The van der Waals surface area contributed by atoms with Crippen LogP contribution in [0.4, 0.5) is 0 Å². The van der Waals surface area contributed by atoms with Gasteiger partial charge in [0.05, 0.1) is 19.8 Å². The van der Waals surface area contributed by atoms with E-state index in [9.17, 15) is 0 Å². The summed E-state index contributed by atoms with van der Waals surface area (Å²) in [5.41, 5.74) is 1.20. The van der Waals surface area contributed by atoms with E-state index in [1.807, 2.05) is 19.2 Å². The molecule has 0 aromatic heterocycles. The minimum absolute atomic E-state index is 0.212. The summed E-state index contributed by atoms with van der Waals surface area (Å²) >= 11 is 0. The highest BCUT2D eigenvalue weighted by molar-refractivity contribution is 5.30. The zero-order valence-electron chi connectivity index (χ0n) is 12.6. The maximum atomic E-state index is 5.83. The number of nitrogens with one attached hydrogen (secondary N) is 1. The second-order valence-electron chi connectivity index (χ2n) is 5.05. The summed E-state index contributed by atoms with van der Waals surface area (Å²) in [6.45, 7) is 5.97. The Labute approximate surface area is 117 Å². The Morgan fingerprint density at radius 1 is 1.26 bits per heavy atom. The largest absolute Gasteiger partial charge is 0.497 e. The van der Waals surface area contributed by atoms with E-state index in [2.05, 4.69) is 31.3 Å². The lowest BCUT2D eigenvalue weighted by Gasteiger charge is -2.19. The average Bonchev–Trinajstić information content (AvgIpc) is 2.44. The lowest BCUT2D eigenvalue weighted by atomic mass is 10.1. The summed E-state index contributed by atoms with van der Waals surface area (Å²) < 4.78 is 11.1. The van der Waals surface area contributed by atoms with Crippen molar-refractivity contribution >= 4 is 0 Å². The molecule has 0 radical (unpaired) electrons. The van der Waals surface area contributed by atoms with Crippen LogP contribution in [0, 0.1) is 5.92 Å². The molecule has 2 unspecified atom stereocenters. The number of benzene rings is 1. The van der Waals surface area contributed by atoms with E-state index in [-0.39, 0.29) is 6.04 Å². The maximum absolute atomic E-state index is 5.83. The van der Waals surface area contributed by atoms with Crippen molar-refractivity contribution in [1.82, 2.24) is 5.32 Å². The minimum Gasteiger partial charge on any atom is -0.497 e. The molecule has 2 atom stereocenters. The summed E-state index contributed by atoms with van der Waals surface area (Å²) in [6.07, 6.45) is 2.44. The van der Waals surface area contributed by atoms with Gasteiger partial charge in [0.1, 0.15) is 5.75 Å². The van der Waals surface area contributed by atoms with Gasteiger partial charge >= 0.3 is 0 Å². The van der Waals surface area contributed by atoms with Crippen LogP contribution in [0.3, 0.4) is 0 Å². The molecular formula is C16H27NO2. The van der Waals surface area contributed by atoms with Crippen LogP contribution in [-0.4, -0.2) is 27.4 Å². The van der Waals surface area contributed by atoms with Crippen molar-refractivity contribution in [2.45, 2.75) is 32.7 Å². The Balaban J connectivity index is 2.48. The Kier molecular flexibility index (Phi) is 7.53. The van der Waals surface area contributed by atoms with Crippen LogP contribution >= 0.6 is 0 Å². The monoisotopic (exact) mass is 265 g/mol. The molecule has 1 N–H and O–H groups in total. The average molecular weight is 265 g/mol. The van der Waals surface area contributed by atoms with E-state index in [0.717, 1.165) is 12.4 Å². The lowest BCUT2D eigenvalue weighted by molar-refractivity contribution is 0.0848. The molecule has 0 saturated carbocycles. The normalized spacial score (nSPS) is 14.1. The molecule has 0 spiro atoms. The van der Waals surface area contributed by atoms with E-state index in [1.165, 1.54) is 18.4 Å². The molecule has 3 nitrogen and oxygen atoms in total. The highest BCUT2D eigenvalue weighted by atomic mass is 16.5. The molecule has 0 bridgehead atoms. The standard InChI is InChI=1S/C16H27NO2/c1-5-7-13(2)11-19-12-16(17-3)14-8-6-9-15(10-14)18-4/h6,8-10,13,16-17H,5,7,11-12H2,1-4H3. The molecule has 0 amide bonds. The fourth-order valence-electron chi connectivity index (χ4n) is 2.17. The van der Waals surface area contributed by atoms with Crippen molar-refractivity contribution < 1.29 is 9.47 Å². The van der Waals surface area contributed by atoms with E-state index in [1.54, 1.807) is 7.11 Å². The minimum atomic E-state index is 0.212. The van der Waals surface area contributed by atoms with Crippen LogP contribution in [0.15, 0.2) is 24.3 Å². The number of rotatable bonds is 9. The zero-order chi connectivity index (χ0) is 14.1. The number of ether oxygens (including phenoxy) is 2. The molecular weight excluding hydrogens is 238 g/mol. The van der Waals surface area contributed by atoms with Gasteiger partial charge in [-0.25, -0.2) is 0 Å². The van der Waals surface area contributed by atoms with E-state index >= 15 is 0 Å². The third-order valence-electron chi connectivity index (χ3n) is 3.31. The second kappa shape index (κ2) is 8.94. The number of likely N-dealkylation sites (N-methyl/N-ethyl adjacent to an activating group) is 1. The summed E-state index contributed by atoms with van der Waals surface area (Å²) in [5, 5.41) is 3.29. The van der Waals surface area contributed by atoms with Gasteiger partial charge in [0.2, 0.25) is 0 Å². The molecule has 1 aromatic carbocycles. The van der Waals surface area contributed by atoms with Gasteiger partial charge in [-0.1, -0.05) is 32.4 Å². The van der Waals surface area contributed by atoms with Crippen LogP contribution < -0.4 is 10.1 Å². The van der Waals surface area contributed by atoms with Gasteiger partial charge in [-0.3, -0.25) is 0 Å². The number of hydrogen-bond acceptors (Lipinski definition) is 3. The van der Waals surface area contributed by atoms with Crippen LogP contribution in [0.25, 0.3) is 0 Å². The van der Waals surface area contributed by atoms with Crippen molar-refractivity contribution in [1.29, 1.82) is 0 Å². The van der Waals surface area contributed by atoms with E-state index in [4.69, 9.17) is 9.47 Å². The highest BCUT2D eigenvalue weighted by Crippen LogP contribution is 2.19. The van der Waals surface area contributed by atoms with Crippen molar-refractivity contribution in [2.75, 3.05) is 27.4 Å². The third-order valence-corrected chi connectivity index (χ3v) is 3.31. The van der Waals surface area contributed by atoms with Gasteiger partial charge in [0, 0.05) is 6.61 Å². The highest BCUT2D eigenvalue weighted by Gasteiger charge is 2.11. The van der Waals surface area contributed by atoms with Crippen LogP contribution in [0.5, 0.6) is 5.75 Å². The smallest absolute Gasteiger partial charge is 0.119 e. The van der Waals surface area contributed by atoms with Gasteiger partial charge in [0.25, 0.3) is 0 Å². The summed E-state index contributed by atoms with van der Waals surface area (Å²) in [4.78, 5) is 0. The molecule has 19 heavy (non-hydrogen) atoms. The van der Waals surface area contributed by atoms with Gasteiger partial charge in [-0.05, 0) is 37.1 Å². The van der Waals surface area contributed by atoms with Gasteiger partial charge in [-0.15, -0.1) is 0 Å². The van der Waals surface area contributed by atoms with Crippen molar-refractivity contribution in [2.24, 2.45) is 5.92 Å². The molecule has 0 fully saturated rings. The molecule has 0 heterocycles. The van der Waals surface area contributed by atoms with E-state index in [0.29, 0.717) is 12.5 Å². The Bertz CT molecular complexity index is 354. The molecule has 0 aliphatic rings. The van der Waals surface area contributed by atoms with Gasteiger partial charge in [-0.2, -0.15) is 0 Å². The lowest BCUT2D eigenvalue weighted by Crippen LogP contribution is -2.23. The predicted molar refractivity (Wildman–Crippen MR) is 79.7 cm³/mol. The summed E-state index contributed by atoms with van der Waals surface area (Å²) in [6, 6.07) is 8.34. The molecule has 0 saturated heterocycles. The molecule has 3 heteroatoms. The first kappa shape index (κ1) is 16.0. The SMILES string of the molecule is CCCC(C)COCC(NC)c1cccc(OC)c1.